The monoisotopic (exact) mass is 454 g/mol. The Morgan fingerprint density at radius 3 is 2.06 bits per heavy atom. The zero-order valence-electron chi connectivity index (χ0n) is 17.6. The number of nitrogens with zero attached hydrogens (tertiary/aromatic N) is 1. The molecule has 0 saturated carbocycles. The van der Waals surface area contributed by atoms with Crippen molar-refractivity contribution in [2.24, 2.45) is 4.99 Å². The highest BCUT2D eigenvalue weighted by atomic mass is 35.5. The van der Waals surface area contributed by atoms with Crippen molar-refractivity contribution in [2.75, 3.05) is 7.11 Å². The second-order valence-corrected chi connectivity index (χ2v) is 8.55. The van der Waals surface area contributed by atoms with Crippen LogP contribution in [0.15, 0.2) is 71.7 Å². The van der Waals surface area contributed by atoms with Gasteiger partial charge in [0.15, 0.2) is 0 Å². The molecule has 1 N–H and O–H groups in total. The van der Waals surface area contributed by atoms with Crippen molar-refractivity contribution in [3.05, 3.63) is 93.5 Å². The maximum atomic E-state index is 6.12. The number of rotatable bonds is 6. The van der Waals surface area contributed by atoms with E-state index in [1.54, 1.807) is 7.11 Å². The summed E-state index contributed by atoms with van der Waals surface area (Å²) in [6, 6.07) is 21.3. The lowest BCUT2D eigenvalue weighted by Crippen LogP contribution is -2.25. The molecule has 0 unspecified atom stereocenters. The summed E-state index contributed by atoms with van der Waals surface area (Å²) in [6.07, 6.45) is 0.0204. The molecule has 0 saturated heterocycles. The summed E-state index contributed by atoms with van der Waals surface area (Å²) >= 11 is 12.2. The Morgan fingerprint density at radius 1 is 0.871 bits per heavy atom. The smallest absolute Gasteiger partial charge is 0.134 e. The lowest BCUT2D eigenvalue weighted by molar-refractivity contribution is 0.240. The number of amidine groups is 1. The van der Waals surface area contributed by atoms with E-state index in [1.807, 2.05) is 80.6 Å². The third-order valence-corrected chi connectivity index (χ3v) is 5.63. The molecule has 1 aliphatic rings. The fourth-order valence-corrected chi connectivity index (χ4v) is 3.92. The summed E-state index contributed by atoms with van der Waals surface area (Å²) in [6.45, 7) is 4.00. The largest absolute Gasteiger partial charge is 0.497 e. The molecule has 3 aromatic rings. The van der Waals surface area contributed by atoms with Gasteiger partial charge in [-0.2, -0.15) is 0 Å². The van der Waals surface area contributed by atoms with E-state index in [4.69, 9.17) is 37.7 Å². The third kappa shape index (κ3) is 4.81. The van der Waals surface area contributed by atoms with Crippen LogP contribution in [0.3, 0.4) is 0 Å². The average Bonchev–Trinajstić information content (AvgIpc) is 3.19. The number of ether oxygens (including phenoxy) is 2. The van der Waals surface area contributed by atoms with Crippen molar-refractivity contribution in [3.8, 4) is 11.5 Å². The molecule has 0 spiro atoms. The van der Waals surface area contributed by atoms with Crippen LogP contribution in [0.25, 0.3) is 0 Å². The van der Waals surface area contributed by atoms with Crippen molar-refractivity contribution in [2.45, 2.75) is 32.0 Å². The number of hydrogen-bond acceptors (Lipinski definition) is 4. The van der Waals surface area contributed by atoms with Gasteiger partial charge in [-0.05, 0) is 61.4 Å². The van der Waals surface area contributed by atoms with Crippen molar-refractivity contribution in [1.82, 2.24) is 5.32 Å². The SMILES string of the molecule is COc1ccc(C2=N[C@H](c3ccc(Cl)cc3)[C@@H](c3ccc(Cl)cc3)N2)c(OC(C)C)c1. The first kappa shape index (κ1) is 21.5. The summed E-state index contributed by atoms with van der Waals surface area (Å²) in [4.78, 5) is 5.07. The zero-order valence-corrected chi connectivity index (χ0v) is 19.1. The summed E-state index contributed by atoms with van der Waals surface area (Å²) < 4.78 is 11.5. The summed E-state index contributed by atoms with van der Waals surface area (Å²) in [5.41, 5.74) is 3.07. The topological polar surface area (TPSA) is 42.8 Å². The summed E-state index contributed by atoms with van der Waals surface area (Å²) in [5.74, 6) is 2.24. The quantitative estimate of drug-likeness (QED) is 0.454. The minimum absolute atomic E-state index is 0.0204. The van der Waals surface area contributed by atoms with Crippen molar-refractivity contribution in [3.63, 3.8) is 0 Å². The first-order valence-corrected chi connectivity index (χ1v) is 10.9. The second kappa shape index (κ2) is 9.21. The highest BCUT2D eigenvalue weighted by molar-refractivity contribution is 6.30. The number of nitrogens with one attached hydrogen (secondary N) is 1. The molecule has 2 atom stereocenters. The minimum Gasteiger partial charge on any atom is -0.497 e. The standard InChI is InChI=1S/C25H24Cl2N2O2/c1-15(2)31-22-14-20(30-3)12-13-21(22)25-28-23(16-4-8-18(26)9-5-16)24(29-25)17-6-10-19(27)11-7-17/h4-15,23-24H,1-3H3,(H,28,29)/t23-,24-/m1/s1. The number of halogens is 2. The fraction of sp³-hybridized carbons (Fsp3) is 0.240. The third-order valence-electron chi connectivity index (χ3n) is 5.12. The van der Waals surface area contributed by atoms with Crippen LogP contribution >= 0.6 is 23.2 Å². The molecule has 4 rings (SSSR count). The average molecular weight is 455 g/mol. The van der Waals surface area contributed by atoms with Crippen LogP contribution < -0.4 is 14.8 Å². The van der Waals surface area contributed by atoms with Crippen LogP contribution in [0.4, 0.5) is 0 Å². The van der Waals surface area contributed by atoms with Gasteiger partial charge in [0.2, 0.25) is 0 Å². The molecule has 6 heteroatoms. The Labute approximate surface area is 192 Å². The number of hydrogen-bond donors (Lipinski definition) is 1. The molecular formula is C25H24Cl2N2O2. The predicted molar refractivity (Wildman–Crippen MR) is 127 cm³/mol. The Balaban J connectivity index is 1.77. The number of benzene rings is 3. The highest BCUT2D eigenvalue weighted by Crippen LogP contribution is 2.39. The van der Waals surface area contributed by atoms with Gasteiger partial charge in [-0.25, -0.2) is 0 Å². The van der Waals surface area contributed by atoms with Crippen LogP contribution in [-0.2, 0) is 0 Å². The van der Waals surface area contributed by atoms with Gasteiger partial charge in [0, 0.05) is 16.1 Å². The normalized spacial score (nSPS) is 17.9. The van der Waals surface area contributed by atoms with E-state index in [0.717, 1.165) is 34.0 Å². The van der Waals surface area contributed by atoms with Gasteiger partial charge in [-0.3, -0.25) is 4.99 Å². The first-order valence-electron chi connectivity index (χ1n) is 10.1. The van der Waals surface area contributed by atoms with Crippen LogP contribution in [0.1, 0.15) is 42.6 Å². The van der Waals surface area contributed by atoms with E-state index in [9.17, 15) is 0 Å². The molecule has 1 heterocycles. The van der Waals surface area contributed by atoms with Crippen LogP contribution in [0.2, 0.25) is 10.0 Å². The van der Waals surface area contributed by atoms with Crippen molar-refractivity contribution >= 4 is 29.0 Å². The molecule has 4 nitrogen and oxygen atoms in total. The Morgan fingerprint density at radius 2 is 1.48 bits per heavy atom. The molecule has 0 bridgehead atoms. The molecular weight excluding hydrogens is 431 g/mol. The van der Waals surface area contributed by atoms with Gasteiger partial charge < -0.3 is 14.8 Å². The van der Waals surface area contributed by atoms with Gasteiger partial charge >= 0.3 is 0 Å². The van der Waals surface area contributed by atoms with Crippen LogP contribution in [-0.4, -0.2) is 19.0 Å². The summed E-state index contributed by atoms with van der Waals surface area (Å²) in [7, 11) is 1.65. The molecule has 0 fully saturated rings. The second-order valence-electron chi connectivity index (χ2n) is 7.68. The number of methoxy groups -OCH3 is 1. The minimum atomic E-state index is -0.123. The highest BCUT2D eigenvalue weighted by Gasteiger charge is 2.33. The molecule has 0 aliphatic carbocycles. The summed E-state index contributed by atoms with van der Waals surface area (Å²) in [5, 5.41) is 5.01. The van der Waals surface area contributed by atoms with Crippen LogP contribution in [0, 0.1) is 0 Å². The van der Waals surface area contributed by atoms with E-state index >= 15 is 0 Å². The Kier molecular flexibility index (Phi) is 6.40. The van der Waals surface area contributed by atoms with E-state index in [2.05, 4.69) is 5.32 Å². The van der Waals surface area contributed by atoms with E-state index in [0.29, 0.717) is 10.0 Å². The van der Waals surface area contributed by atoms with Gasteiger partial charge in [0.1, 0.15) is 23.4 Å². The molecule has 3 aromatic carbocycles. The fourth-order valence-electron chi connectivity index (χ4n) is 3.66. The zero-order chi connectivity index (χ0) is 22.0. The van der Waals surface area contributed by atoms with Gasteiger partial charge in [-0.1, -0.05) is 47.5 Å². The Hall–Kier alpha value is -2.69. The van der Waals surface area contributed by atoms with E-state index < -0.39 is 0 Å². The maximum Gasteiger partial charge on any atom is 0.134 e. The molecule has 1 aliphatic heterocycles. The van der Waals surface area contributed by atoms with Crippen LogP contribution in [0.5, 0.6) is 11.5 Å². The lowest BCUT2D eigenvalue weighted by atomic mass is 9.95. The van der Waals surface area contributed by atoms with Crippen molar-refractivity contribution < 1.29 is 9.47 Å². The maximum absolute atomic E-state index is 6.12. The number of aliphatic imine (C=N–C) groups is 1. The van der Waals surface area contributed by atoms with Gasteiger partial charge in [0.25, 0.3) is 0 Å². The molecule has 0 radical (unpaired) electrons. The lowest BCUT2D eigenvalue weighted by Gasteiger charge is -2.20. The van der Waals surface area contributed by atoms with Crippen molar-refractivity contribution in [1.29, 1.82) is 0 Å². The van der Waals surface area contributed by atoms with Gasteiger partial charge in [-0.15, -0.1) is 0 Å². The van der Waals surface area contributed by atoms with E-state index in [1.165, 1.54) is 0 Å². The first-order chi connectivity index (χ1) is 14.9. The molecule has 31 heavy (non-hydrogen) atoms. The van der Waals surface area contributed by atoms with E-state index in [-0.39, 0.29) is 18.2 Å². The molecule has 160 valence electrons. The molecule has 0 amide bonds. The predicted octanol–water partition coefficient (Wildman–Crippen LogP) is 6.62. The molecule has 0 aromatic heterocycles. The van der Waals surface area contributed by atoms with Gasteiger partial charge in [0.05, 0.1) is 24.8 Å². The Bertz CT molecular complexity index is 1080.